The molecule has 5 nitrogen and oxygen atoms in total. The zero-order valence-corrected chi connectivity index (χ0v) is 14.7. The van der Waals surface area contributed by atoms with Crippen LogP contribution in [0, 0.1) is 0 Å². The third-order valence-electron chi connectivity index (χ3n) is 4.79. The molecule has 0 aliphatic carbocycles. The molecule has 0 saturated carbocycles. The number of carbonyl (C=O) groups excluding carboxylic acids is 1. The highest BCUT2D eigenvalue weighted by Gasteiger charge is 2.28. The van der Waals surface area contributed by atoms with Gasteiger partial charge in [0.2, 0.25) is 5.91 Å². The number of nitrogens with one attached hydrogen (secondary N) is 1. The molecule has 1 fully saturated rings. The standard InChI is InChI=1S/C19H28N2O3/c1-3-5-14(2)20-19(22)13-21-9-4-6-16(21)15-7-8-17-18(12-15)24-11-10-23-17/h7-8,12,14,16H,3-6,9-11,13H2,1-2H3,(H,20,22)/t14-,16-/m0/s1. The number of hydrogen-bond donors (Lipinski definition) is 1. The van der Waals surface area contributed by atoms with Crippen molar-refractivity contribution in [2.24, 2.45) is 0 Å². The number of carbonyl (C=O) groups is 1. The van der Waals surface area contributed by atoms with E-state index in [-0.39, 0.29) is 18.0 Å². The molecule has 0 bridgehead atoms. The molecule has 2 aliphatic heterocycles. The lowest BCUT2D eigenvalue weighted by Gasteiger charge is -2.26. The van der Waals surface area contributed by atoms with Crippen LogP contribution >= 0.6 is 0 Å². The smallest absolute Gasteiger partial charge is 0.234 e. The minimum atomic E-state index is 0.125. The first-order valence-electron chi connectivity index (χ1n) is 9.10. The number of rotatable bonds is 6. The van der Waals surface area contributed by atoms with Crippen molar-refractivity contribution in [3.63, 3.8) is 0 Å². The van der Waals surface area contributed by atoms with E-state index in [0.29, 0.717) is 19.8 Å². The zero-order valence-electron chi connectivity index (χ0n) is 14.7. The molecule has 5 heteroatoms. The van der Waals surface area contributed by atoms with Crippen molar-refractivity contribution in [2.45, 2.75) is 51.6 Å². The molecule has 132 valence electrons. The van der Waals surface area contributed by atoms with Crippen molar-refractivity contribution < 1.29 is 14.3 Å². The lowest BCUT2D eigenvalue weighted by atomic mass is 10.0. The molecule has 1 aromatic rings. The van der Waals surface area contributed by atoms with Crippen LogP contribution in [0.4, 0.5) is 0 Å². The maximum absolute atomic E-state index is 12.3. The quantitative estimate of drug-likeness (QED) is 0.870. The van der Waals surface area contributed by atoms with Gasteiger partial charge in [0.25, 0.3) is 0 Å². The Morgan fingerprint density at radius 2 is 2.12 bits per heavy atom. The van der Waals surface area contributed by atoms with Gasteiger partial charge >= 0.3 is 0 Å². The molecule has 1 amide bonds. The topological polar surface area (TPSA) is 50.8 Å². The van der Waals surface area contributed by atoms with Crippen LogP contribution in [0.1, 0.15) is 51.1 Å². The Bertz CT molecular complexity index is 576. The normalized spacial score (nSPS) is 21.5. The third-order valence-corrected chi connectivity index (χ3v) is 4.79. The summed E-state index contributed by atoms with van der Waals surface area (Å²) in [6, 6.07) is 6.71. The Hall–Kier alpha value is -1.75. The third kappa shape index (κ3) is 4.01. The van der Waals surface area contributed by atoms with Crippen LogP contribution in [0.25, 0.3) is 0 Å². The van der Waals surface area contributed by atoms with E-state index in [4.69, 9.17) is 9.47 Å². The van der Waals surface area contributed by atoms with E-state index in [1.807, 2.05) is 6.07 Å². The van der Waals surface area contributed by atoms with Gasteiger partial charge < -0.3 is 14.8 Å². The van der Waals surface area contributed by atoms with E-state index in [1.165, 1.54) is 5.56 Å². The molecule has 0 unspecified atom stereocenters. The highest BCUT2D eigenvalue weighted by atomic mass is 16.6. The Morgan fingerprint density at radius 3 is 2.92 bits per heavy atom. The number of likely N-dealkylation sites (tertiary alicyclic amines) is 1. The molecule has 0 spiro atoms. The van der Waals surface area contributed by atoms with Crippen LogP contribution in [0.3, 0.4) is 0 Å². The van der Waals surface area contributed by atoms with Gasteiger partial charge in [-0.25, -0.2) is 0 Å². The molecule has 2 heterocycles. The minimum absolute atomic E-state index is 0.125. The fraction of sp³-hybridized carbons (Fsp3) is 0.632. The van der Waals surface area contributed by atoms with Crippen LogP contribution in [-0.2, 0) is 4.79 Å². The first kappa shape index (κ1) is 17.1. The fourth-order valence-corrected chi connectivity index (χ4v) is 3.67. The molecular weight excluding hydrogens is 304 g/mol. The summed E-state index contributed by atoms with van der Waals surface area (Å²) in [5.41, 5.74) is 1.21. The van der Waals surface area contributed by atoms with Gasteiger partial charge in [0.05, 0.1) is 6.54 Å². The molecule has 0 radical (unpaired) electrons. The second-order valence-electron chi connectivity index (χ2n) is 6.79. The lowest BCUT2D eigenvalue weighted by Crippen LogP contribution is -2.40. The molecule has 1 aromatic carbocycles. The van der Waals surface area contributed by atoms with E-state index >= 15 is 0 Å². The van der Waals surface area contributed by atoms with Gasteiger partial charge in [-0.1, -0.05) is 19.4 Å². The zero-order chi connectivity index (χ0) is 16.9. The van der Waals surface area contributed by atoms with Crippen molar-refractivity contribution in [1.82, 2.24) is 10.2 Å². The number of benzene rings is 1. The summed E-state index contributed by atoms with van der Waals surface area (Å²) in [4.78, 5) is 14.6. The molecule has 24 heavy (non-hydrogen) atoms. The SMILES string of the molecule is CCC[C@H](C)NC(=O)CN1CCC[C@H]1c1ccc2c(c1)OCCO2. The largest absolute Gasteiger partial charge is 0.486 e. The average Bonchev–Trinajstić information content (AvgIpc) is 3.02. The molecule has 3 rings (SSSR count). The van der Waals surface area contributed by atoms with Crippen LogP contribution in [0.2, 0.25) is 0 Å². The predicted octanol–water partition coefficient (Wildman–Crippen LogP) is 2.90. The first-order chi connectivity index (χ1) is 11.7. The lowest BCUT2D eigenvalue weighted by molar-refractivity contribution is -0.123. The molecule has 0 aromatic heterocycles. The first-order valence-corrected chi connectivity index (χ1v) is 9.10. The summed E-state index contributed by atoms with van der Waals surface area (Å²) in [7, 11) is 0. The Balaban J connectivity index is 1.64. The van der Waals surface area contributed by atoms with Crippen LogP contribution < -0.4 is 14.8 Å². The molecule has 2 atom stereocenters. The van der Waals surface area contributed by atoms with Gasteiger partial charge in [0, 0.05) is 12.1 Å². The van der Waals surface area contributed by atoms with Crippen molar-refractivity contribution in [2.75, 3.05) is 26.3 Å². The minimum Gasteiger partial charge on any atom is -0.486 e. The van der Waals surface area contributed by atoms with Crippen molar-refractivity contribution in [3.05, 3.63) is 23.8 Å². The van der Waals surface area contributed by atoms with Gasteiger partial charge in [-0.2, -0.15) is 0 Å². The average molecular weight is 332 g/mol. The number of ether oxygens (including phenoxy) is 2. The summed E-state index contributed by atoms with van der Waals surface area (Å²) >= 11 is 0. The summed E-state index contributed by atoms with van der Waals surface area (Å²) in [6.45, 7) is 6.85. The highest BCUT2D eigenvalue weighted by Crippen LogP contribution is 2.37. The number of nitrogens with zero attached hydrogens (tertiary/aromatic N) is 1. The van der Waals surface area contributed by atoms with E-state index in [1.54, 1.807) is 0 Å². The monoisotopic (exact) mass is 332 g/mol. The van der Waals surface area contributed by atoms with Crippen molar-refractivity contribution in [1.29, 1.82) is 0 Å². The Labute approximate surface area is 144 Å². The van der Waals surface area contributed by atoms with E-state index < -0.39 is 0 Å². The number of hydrogen-bond acceptors (Lipinski definition) is 4. The number of fused-ring (bicyclic) bond motifs is 1. The highest BCUT2D eigenvalue weighted by molar-refractivity contribution is 5.78. The van der Waals surface area contributed by atoms with Crippen LogP contribution in [-0.4, -0.2) is 43.2 Å². The Kier molecular flexibility index (Phi) is 5.61. The molecule has 2 aliphatic rings. The molecular formula is C19H28N2O3. The van der Waals surface area contributed by atoms with Gasteiger partial charge in [-0.3, -0.25) is 9.69 Å². The molecule has 1 saturated heterocycles. The Morgan fingerprint density at radius 1 is 1.33 bits per heavy atom. The van der Waals surface area contributed by atoms with E-state index in [2.05, 4.69) is 36.2 Å². The number of amides is 1. The van der Waals surface area contributed by atoms with Crippen LogP contribution in [0.5, 0.6) is 11.5 Å². The predicted molar refractivity (Wildman–Crippen MR) is 93.5 cm³/mol. The second-order valence-corrected chi connectivity index (χ2v) is 6.79. The van der Waals surface area contributed by atoms with Gasteiger partial charge in [-0.05, 0) is 50.4 Å². The summed E-state index contributed by atoms with van der Waals surface area (Å²) in [6.07, 6.45) is 4.32. The van der Waals surface area contributed by atoms with Crippen molar-refractivity contribution >= 4 is 5.91 Å². The maximum atomic E-state index is 12.3. The summed E-state index contributed by atoms with van der Waals surface area (Å²) in [5, 5.41) is 3.10. The fourth-order valence-electron chi connectivity index (χ4n) is 3.67. The van der Waals surface area contributed by atoms with Gasteiger partial charge in [0.15, 0.2) is 11.5 Å². The second kappa shape index (κ2) is 7.88. The van der Waals surface area contributed by atoms with Crippen molar-refractivity contribution in [3.8, 4) is 11.5 Å². The maximum Gasteiger partial charge on any atom is 0.234 e. The van der Waals surface area contributed by atoms with E-state index in [9.17, 15) is 4.79 Å². The van der Waals surface area contributed by atoms with Gasteiger partial charge in [0.1, 0.15) is 13.2 Å². The van der Waals surface area contributed by atoms with Gasteiger partial charge in [-0.15, -0.1) is 0 Å². The summed E-state index contributed by atoms with van der Waals surface area (Å²) < 4.78 is 11.3. The van der Waals surface area contributed by atoms with E-state index in [0.717, 1.165) is 43.7 Å². The molecule has 1 N–H and O–H groups in total. The summed E-state index contributed by atoms with van der Waals surface area (Å²) in [5.74, 6) is 1.77. The van der Waals surface area contributed by atoms with Crippen LogP contribution in [0.15, 0.2) is 18.2 Å².